The second-order valence-corrected chi connectivity index (χ2v) is 12.0. The van der Waals surface area contributed by atoms with Gasteiger partial charge in [0.15, 0.2) is 11.0 Å². The average molecular weight is 504 g/mol. The van der Waals surface area contributed by atoms with E-state index in [1.807, 2.05) is 11.3 Å². The van der Waals surface area contributed by atoms with E-state index < -0.39 is 0 Å². The minimum absolute atomic E-state index is 0.412. The van der Waals surface area contributed by atoms with Crippen LogP contribution in [0.25, 0.3) is 48.3 Å². The van der Waals surface area contributed by atoms with Crippen LogP contribution in [-0.2, 0) is 7.05 Å². The summed E-state index contributed by atoms with van der Waals surface area (Å²) < 4.78 is 7.72. The van der Waals surface area contributed by atoms with Gasteiger partial charge in [0.1, 0.15) is 5.69 Å². The molecule has 4 aromatic carbocycles. The van der Waals surface area contributed by atoms with Crippen molar-refractivity contribution in [1.29, 1.82) is 0 Å². The Kier molecular flexibility index (Phi) is 5.72. The summed E-state index contributed by atoms with van der Waals surface area (Å²) in [5, 5.41) is 2.73. The molecule has 3 heteroatoms. The lowest BCUT2D eigenvalue weighted by Crippen LogP contribution is -2.30. The SMILES string of the molecule is Cc1ccc2sc3c(C)cccc3c2c1-c1n(-c2c(C(C)C)cccc2C(C)C)c2ccccc2[n+]1C. The van der Waals surface area contributed by atoms with Crippen LogP contribution in [0, 0.1) is 13.8 Å². The van der Waals surface area contributed by atoms with E-state index in [0.29, 0.717) is 11.8 Å². The largest absolute Gasteiger partial charge is 0.295 e. The Morgan fingerprint density at radius 3 is 2.11 bits per heavy atom. The smallest absolute Gasteiger partial charge is 0.225 e. The fourth-order valence-corrected chi connectivity index (χ4v) is 7.19. The maximum Gasteiger partial charge on any atom is 0.295 e. The molecule has 0 radical (unpaired) electrons. The van der Waals surface area contributed by atoms with Gasteiger partial charge < -0.3 is 0 Å². The molecule has 0 saturated carbocycles. The molecular formula is C34H35N2S+. The van der Waals surface area contributed by atoms with E-state index in [4.69, 9.17) is 0 Å². The lowest BCUT2D eigenvalue weighted by molar-refractivity contribution is -0.633. The first kappa shape index (κ1) is 23.9. The van der Waals surface area contributed by atoms with Crippen molar-refractivity contribution in [3.05, 3.63) is 95.1 Å². The van der Waals surface area contributed by atoms with Crippen LogP contribution in [-0.4, -0.2) is 4.57 Å². The standard InChI is InChI=1S/C34H35N2S/c1-20(2)24-13-11-14-25(21(3)4)32(24)36-28-17-9-8-16-27(28)35(7)34(36)30-22(5)18-19-29-31(30)26-15-10-12-23(6)33(26)37-29/h8-21H,1-7H3/q+1. The maximum atomic E-state index is 2.57. The number of aromatic nitrogens is 2. The quantitative estimate of drug-likeness (QED) is 0.212. The third kappa shape index (κ3) is 3.55. The van der Waals surface area contributed by atoms with E-state index in [9.17, 15) is 0 Å². The zero-order chi connectivity index (χ0) is 26.0. The van der Waals surface area contributed by atoms with Crippen molar-refractivity contribution in [1.82, 2.24) is 4.57 Å². The minimum Gasteiger partial charge on any atom is -0.225 e. The van der Waals surface area contributed by atoms with Gasteiger partial charge >= 0.3 is 0 Å². The molecule has 0 bridgehead atoms. The summed E-state index contributed by atoms with van der Waals surface area (Å²) in [6.45, 7) is 13.8. The van der Waals surface area contributed by atoms with Gasteiger partial charge in [-0.15, -0.1) is 11.3 Å². The van der Waals surface area contributed by atoms with Crippen molar-refractivity contribution < 1.29 is 4.57 Å². The number of nitrogens with zero attached hydrogens (tertiary/aromatic N) is 2. The summed E-state index contributed by atoms with van der Waals surface area (Å²) in [7, 11) is 2.24. The predicted molar refractivity (Wildman–Crippen MR) is 160 cm³/mol. The summed E-state index contributed by atoms with van der Waals surface area (Å²) in [5.74, 6) is 2.07. The first-order valence-corrected chi connectivity index (χ1v) is 14.2. The number of hydrogen-bond donors (Lipinski definition) is 0. The van der Waals surface area contributed by atoms with E-state index >= 15 is 0 Å². The molecule has 37 heavy (non-hydrogen) atoms. The average Bonchev–Trinajstić information content (AvgIpc) is 3.40. The Hall–Kier alpha value is -3.43. The summed E-state index contributed by atoms with van der Waals surface area (Å²) in [6.07, 6.45) is 0. The van der Waals surface area contributed by atoms with Crippen molar-refractivity contribution >= 4 is 42.5 Å². The molecule has 0 N–H and O–H groups in total. The van der Waals surface area contributed by atoms with Crippen LogP contribution in [0.1, 0.15) is 61.8 Å². The predicted octanol–water partition coefficient (Wildman–Crippen LogP) is 9.35. The van der Waals surface area contributed by atoms with Crippen LogP contribution in [0.5, 0.6) is 0 Å². The first-order chi connectivity index (χ1) is 17.8. The van der Waals surface area contributed by atoms with E-state index in [1.54, 1.807) is 0 Å². The highest BCUT2D eigenvalue weighted by Crippen LogP contribution is 2.44. The van der Waals surface area contributed by atoms with Gasteiger partial charge in [-0.2, -0.15) is 4.57 Å². The molecule has 0 atom stereocenters. The monoisotopic (exact) mass is 503 g/mol. The Balaban J connectivity index is 1.86. The summed E-state index contributed by atoms with van der Waals surface area (Å²) in [6, 6.07) is 27.1. The fourth-order valence-electron chi connectivity index (χ4n) is 6.01. The lowest BCUT2D eigenvalue weighted by atomic mass is 9.92. The van der Waals surface area contributed by atoms with E-state index in [2.05, 4.69) is 131 Å². The van der Waals surface area contributed by atoms with Crippen LogP contribution in [0.2, 0.25) is 0 Å². The Bertz CT molecular complexity index is 1790. The summed E-state index contributed by atoms with van der Waals surface area (Å²) >= 11 is 1.92. The second kappa shape index (κ2) is 8.85. The van der Waals surface area contributed by atoms with Gasteiger partial charge in [-0.1, -0.05) is 82.3 Å². The highest BCUT2D eigenvalue weighted by molar-refractivity contribution is 7.26. The highest BCUT2D eigenvalue weighted by atomic mass is 32.1. The Labute approximate surface area is 223 Å². The first-order valence-electron chi connectivity index (χ1n) is 13.3. The zero-order valence-corrected chi connectivity index (χ0v) is 23.7. The number of hydrogen-bond acceptors (Lipinski definition) is 1. The summed E-state index contributed by atoms with van der Waals surface area (Å²) in [5.41, 5.74) is 10.6. The molecule has 0 aliphatic carbocycles. The second-order valence-electron chi connectivity index (χ2n) is 11.0. The molecule has 0 aliphatic heterocycles. The van der Waals surface area contributed by atoms with E-state index in [1.165, 1.54) is 70.5 Å². The molecule has 6 rings (SSSR count). The number of thiophene rings is 1. The Morgan fingerprint density at radius 1 is 0.730 bits per heavy atom. The molecule has 186 valence electrons. The molecule has 0 saturated heterocycles. The molecule has 2 nitrogen and oxygen atoms in total. The minimum atomic E-state index is 0.412. The number of benzene rings is 4. The van der Waals surface area contributed by atoms with Crippen LogP contribution in [0.3, 0.4) is 0 Å². The third-order valence-corrected chi connectivity index (χ3v) is 9.18. The van der Waals surface area contributed by atoms with E-state index in [-0.39, 0.29) is 0 Å². The normalized spacial score (nSPS) is 12.1. The number of para-hydroxylation sites is 3. The van der Waals surface area contributed by atoms with Crippen molar-refractivity contribution in [3.8, 4) is 17.1 Å². The topological polar surface area (TPSA) is 8.81 Å². The molecule has 0 aliphatic rings. The van der Waals surface area contributed by atoms with E-state index in [0.717, 1.165) is 0 Å². The molecule has 0 spiro atoms. The Morgan fingerprint density at radius 2 is 1.41 bits per heavy atom. The number of imidazole rings is 1. The van der Waals surface area contributed by atoms with Crippen molar-refractivity contribution in [2.75, 3.05) is 0 Å². The maximum absolute atomic E-state index is 2.57. The molecule has 0 unspecified atom stereocenters. The van der Waals surface area contributed by atoms with Gasteiger partial charge in [0, 0.05) is 31.3 Å². The van der Waals surface area contributed by atoms with Gasteiger partial charge in [-0.05, 0) is 55.0 Å². The van der Waals surface area contributed by atoms with Gasteiger partial charge in [0.05, 0.1) is 12.6 Å². The zero-order valence-electron chi connectivity index (χ0n) is 22.9. The van der Waals surface area contributed by atoms with Gasteiger partial charge in [-0.3, -0.25) is 0 Å². The van der Waals surface area contributed by atoms with Crippen LogP contribution >= 0.6 is 11.3 Å². The van der Waals surface area contributed by atoms with Crippen molar-refractivity contribution in [2.45, 2.75) is 53.4 Å². The van der Waals surface area contributed by atoms with Crippen LogP contribution in [0.4, 0.5) is 0 Å². The number of fused-ring (bicyclic) bond motifs is 4. The fraction of sp³-hybridized carbons (Fsp3) is 0.265. The molecule has 0 fully saturated rings. The third-order valence-electron chi connectivity index (χ3n) is 7.87. The lowest BCUT2D eigenvalue weighted by Gasteiger charge is -2.19. The molecule has 2 heterocycles. The summed E-state index contributed by atoms with van der Waals surface area (Å²) in [4.78, 5) is 0. The van der Waals surface area contributed by atoms with Gasteiger partial charge in [0.2, 0.25) is 0 Å². The van der Waals surface area contributed by atoms with Crippen LogP contribution < -0.4 is 4.57 Å². The van der Waals surface area contributed by atoms with Crippen LogP contribution in [0.15, 0.2) is 72.8 Å². The number of aryl methyl sites for hydroxylation is 3. The van der Waals surface area contributed by atoms with Crippen molar-refractivity contribution in [3.63, 3.8) is 0 Å². The van der Waals surface area contributed by atoms with Gasteiger partial charge in [0.25, 0.3) is 5.82 Å². The van der Waals surface area contributed by atoms with Crippen molar-refractivity contribution in [2.24, 2.45) is 7.05 Å². The highest BCUT2D eigenvalue weighted by Gasteiger charge is 2.32. The molecule has 2 aromatic heterocycles. The number of rotatable bonds is 4. The molecular weight excluding hydrogens is 468 g/mol. The van der Waals surface area contributed by atoms with Gasteiger partial charge in [-0.25, -0.2) is 4.57 Å². The molecule has 6 aromatic rings. The molecule has 0 amide bonds.